The maximum Gasteiger partial charge on any atom is 0.245 e. The van der Waals surface area contributed by atoms with E-state index in [9.17, 15) is 24.3 Å². The summed E-state index contributed by atoms with van der Waals surface area (Å²) in [5, 5.41) is 17.8. The maximum absolute atomic E-state index is 13.7. The molecule has 1 saturated heterocycles. The van der Waals surface area contributed by atoms with Gasteiger partial charge in [-0.25, -0.2) is 0 Å². The predicted molar refractivity (Wildman–Crippen MR) is 156 cm³/mol. The lowest BCUT2D eigenvalue weighted by Gasteiger charge is -2.30. The number of nitrogens with two attached hydrogens (primary N) is 3. The molecule has 2 rings (SSSR count). The number of amides is 4. The highest BCUT2D eigenvalue weighted by molar-refractivity contribution is 5.95. The van der Waals surface area contributed by atoms with E-state index in [0.717, 1.165) is 5.56 Å². The summed E-state index contributed by atoms with van der Waals surface area (Å²) in [5.41, 5.74) is 17.7. The van der Waals surface area contributed by atoms with Crippen LogP contribution in [0.15, 0.2) is 29.3 Å². The number of aromatic hydroxyl groups is 1. The van der Waals surface area contributed by atoms with Gasteiger partial charge in [-0.3, -0.25) is 24.2 Å². The van der Waals surface area contributed by atoms with Gasteiger partial charge < -0.3 is 43.2 Å². The normalized spacial score (nSPS) is 16.9. The molecular formula is C28H46N8O5. The van der Waals surface area contributed by atoms with Crippen molar-refractivity contribution in [2.75, 3.05) is 19.6 Å². The minimum atomic E-state index is -0.941. The molecule has 1 aromatic rings. The number of likely N-dealkylation sites (N-methyl/N-ethyl adjacent to an activating group) is 1. The van der Waals surface area contributed by atoms with Gasteiger partial charge >= 0.3 is 0 Å². The smallest absolute Gasteiger partial charge is 0.245 e. The molecular weight excluding hydrogens is 528 g/mol. The lowest BCUT2D eigenvalue weighted by Crippen LogP contribution is -2.58. The SMILES string of the molecule is CCNC(=O)[C@@H]1CCCN1C(=O)[C@H](CCCN=C(N)N)NC(=O)[C@@H](CC(C)C)NC(=O)[C@@H](N)Cc1ccc(O)cc1. The van der Waals surface area contributed by atoms with Crippen LogP contribution in [0.2, 0.25) is 0 Å². The van der Waals surface area contributed by atoms with Crippen LogP contribution in [-0.2, 0) is 25.6 Å². The number of carbonyl (C=O) groups is 4. The second-order valence-electron chi connectivity index (χ2n) is 10.8. The van der Waals surface area contributed by atoms with E-state index >= 15 is 0 Å². The van der Waals surface area contributed by atoms with Gasteiger partial charge in [0.2, 0.25) is 23.6 Å². The fourth-order valence-electron chi connectivity index (χ4n) is 4.79. The first-order valence-corrected chi connectivity index (χ1v) is 14.2. The van der Waals surface area contributed by atoms with Gasteiger partial charge in [0.25, 0.3) is 0 Å². The molecule has 10 N–H and O–H groups in total. The molecule has 1 aliphatic heterocycles. The van der Waals surface area contributed by atoms with Crippen molar-refractivity contribution < 1.29 is 24.3 Å². The van der Waals surface area contributed by atoms with E-state index in [0.29, 0.717) is 38.8 Å². The Kier molecular flexibility index (Phi) is 13.3. The summed E-state index contributed by atoms with van der Waals surface area (Å²) in [6, 6.07) is 2.96. The number of likely N-dealkylation sites (tertiary alicyclic amines) is 1. The number of benzene rings is 1. The number of phenolic OH excluding ortho intramolecular Hbond substituents is 1. The molecule has 41 heavy (non-hydrogen) atoms. The third kappa shape index (κ3) is 10.9. The van der Waals surface area contributed by atoms with Crippen LogP contribution in [0, 0.1) is 5.92 Å². The Hall–Kier alpha value is -3.87. The van der Waals surface area contributed by atoms with Gasteiger partial charge in [0.05, 0.1) is 6.04 Å². The largest absolute Gasteiger partial charge is 0.508 e. The van der Waals surface area contributed by atoms with Gasteiger partial charge in [-0.2, -0.15) is 0 Å². The zero-order chi connectivity index (χ0) is 30.5. The molecule has 228 valence electrons. The number of hydrogen-bond acceptors (Lipinski definition) is 7. The number of aliphatic imine (C=N–C) groups is 1. The van der Waals surface area contributed by atoms with Crippen molar-refractivity contribution in [3.05, 3.63) is 29.8 Å². The molecule has 13 heteroatoms. The lowest BCUT2D eigenvalue weighted by molar-refractivity contribution is -0.142. The molecule has 0 aromatic heterocycles. The molecule has 0 spiro atoms. The van der Waals surface area contributed by atoms with Crippen molar-refractivity contribution in [1.29, 1.82) is 0 Å². The highest BCUT2D eigenvalue weighted by atomic mass is 16.3. The Labute approximate surface area is 241 Å². The van der Waals surface area contributed by atoms with Gasteiger partial charge in [-0.05, 0) is 69.1 Å². The van der Waals surface area contributed by atoms with Crippen LogP contribution in [0.5, 0.6) is 5.75 Å². The first-order valence-electron chi connectivity index (χ1n) is 14.2. The van der Waals surface area contributed by atoms with Crippen molar-refractivity contribution in [1.82, 2.24) is 20.9 Å². The van der Waals surface area contributed by atoms with Gasteiger partial charge in [-0.15, -0.1) is 0 Å². The van der Waals surface area contributed by atoms with Gasteiger partial charge in [0.15, 0.2) is 5.96 Å². The van der Waals surface area contributed by atoms with E-state index in [-0.39, 0.29) is 48.8 Å². The second-order valence-corrected chi connectivity index (χ2v) is 10.8. The Morgan fingerprint density at radius 2 is 1.73 bits per heavy atom. The maximum atomic E-state index is 13.7. The third-order valence-electron chi connectivity index (χ3n) is 6.82. The van der Waals surface area contributed by atoms with E-state index in [1.54, 1.807) is 12.1 Å². The average Bonchev–Trinajstić information content (AvgIpc) is 3.40. The molecule has 1 aliphatic rings. The van der Waals surface area contributed by atoms with Gasteiger partial charge in [0.1, 0.15) is 23.9 Å². The zero-order valence-electron chi connectivity index (χ0n) is 24.3. The highest BCUT2D eigenvalue weighted by Gasteiger charge is 2.38. The number of nitrogens with one attached hydrogen (secondary N) is 3. The Balaban J connectivity index is 2.17. The Morgan fingerprint density at radius 1 is 1.07 bits per heavy atom. The molecule has 1 heterocycles. The zero-order valence-corrected chi connectivity index (χ0v) is 24.3. The van der Waals surface area contributed by atoms with E-state index < -0.39 is 36.0 Å². The first-order chi connectivity index (χ1) is 19.4. The summed E-state index contributed by atoms with van der Waals surface area (Å²) in [6.45, 7) is 6.76. The number of carbonyl (C=O) groups excluding carboxylic acids is 4. The molecule has 0 unspecified atom stereocenters. The monoisotopic (exact) mass is 574 g/mol. The molecule has 1 fully saturated rings. The number of nitrogens with zero attached hydrogens (tertiary/aromatic N) is 2. The van der Waals surface area contributed by atoms with Crippen LogP contribution in [0.25, 0.3) is 0 Å². The minimum Gasteiger partial charge on any atom is -0.508 e. The van der Waals surface area contributed by atoms with Crippen molar-refractivity contribution >= 4 is 29.6 Å². The third-order valence-corrected chi connectivity index (χ3v) is 6.82. The van der Waals surface area contributed by atoms with Crippen molar-refractivity contribution in [3.8, 4) is 5.75 Å². The van der Waals surface area contributed by atoms with E-state index in [4.69, 9.17) is 17.2 Å². The van der Waals surface area contributed by atoms with Crippen LogP contribution in [0.4, 0.5) is 0 Å². The van der Waals surface area contributed by atoms with Crippen molar-refractivity contribution in [3.63, 3.8) is 0 Å². The van der Waals surface area contributed by atoms with Crippen LogP contribution < -0.4 is 33.2 Å². The molecule has 4 amide bonds. The summed E-state index contributed by atoms with van der Waals surface area (Å²) in [6.07, 6.45) is 2.40. The minimum absolute atomic E-state index is 0.0519. The molecule has 1 aromatic carbocycles. The number of phenols is 1. The van der Waals surface area contributed by atoms with Crippen LogP contribution in [0.1, 0.15) is 58.4 Å². The first kappa shape index (κ1) is 33.3. The quantitative estimate of drug-likeness (QED) is 0.0817. The second kappa shape index (κ2) is 16.4. The highest BCUT2D eigenvalue weighted by Crippen LogP contribution is 2.20. The topological polar surface area (TPSA) is 218 Å². The number of hydrogen-bond donors (Lipinski definition) is 7. The molecule has 13 nitrogen and oxygen atoms in total. The van der Waals surface area contributed by atoms with Crippen LogP contribution in [-0.4, -0.2) is 83.4 Å². The molecule has 0 bridgehead atoms. The van der Waals surface area contributed by atoms with Gasteiger partial charge in [0, 0.05) is 19.6 Å². The van der Waals surface area contributed by atoms with E-state index in [2.05, 4.69) is 20.9 Å². The van der Waals surface area contributed by atoms with Gasteiger partial charge in [-0.1, -0.05) is 26.0 Å². The molecule has 0 aliphatic carbocycles. The van der Waals surface area contributed by atoms with Crippen molar-refractivity contribution in [2.45, 2.75) is 83.5 Å². The number of guanidine groups is 1. The fraction of sp³-hybridized carbons (Fsp3) is 0.607. The van der Waals surface area contributed by atoms with Crippen LogP contribution in [0.3, 0.4) is 0 Å². The van der Waals surface area contributed by atoms with E-state index in [1.165, 1.54) is 17.0 Å². The van der Waals surface area contributed by atoms with E-state index in [1.807, 2.05) is 20.8 Å². The summed E-state index contributed by atoms with van der Waals surface area (Å²) in [4.78, 5) is 58.2. The Morgan fingerprint density at radius 3 is 2.34 bits per heavy atom. The molecule has 0 saturated carbocycles. The van der Waals surface area contributed by atoms with Crippen LogP contribution >= 0.6 is 0 Å². The summed E-state index contributed by atoms with van der Waals surface area (Å²) in [5.74, 6) is -1.53. The Bertz CT molecular complexity index is 1060. The standard InChI is InChI=1S/C28H46N8O5/c1-4-32-26(40)23-8-6-14-36(23)27(41)21(7-5-13-33-28(30)31)34-25(39)22(15-17(2)3)35-24(38)20(29)16-18-9-11-19(37)12-10-18/h9-12,17,20-23,37H,4-8,13-16,29H2,1-3H3,(H,32,40)(H,34,39)(H,35,38)(H4,30,31,33)/t20-,21-,22+,23-/m0/s1. The molecule has 0 radical (unpaired) electrons. The fourth-order valence-corrected chi connectivity index (χ4v) is 4.79. The summed E-state index contributed by atoms with van der Waals surface area (Å²) >= 11 is 0. The lowest BCUT2D eigenvalue weighted by atomic mass is 10.0. The van der Waals surface area contributed by atoms with Crippen molar-refractivity contribution in [2.24, 2.45) is 28.1 Å². The predicted octanol–water partition coefficient (Wildman–Crippen LogP) is -0.542. The number of rotatable bonds is 15. The average molecular weight is 575 g/mol. The summed E-state index contributed by atoms with van der Waals surface area (Å²) < 4.78 is 0. The molecule has 4 atom stereocenters. The summed E-state index contributed by atoms with van der Waals surface area (Å²) in [7, 11) is 0.